The van der Waals surface area contributed by atoms with Crippen LogP contribution >= 0.6 is 0 Å². The molecule has 1 spiro atoms. The van der Waals surface area contributed by atoms with E-state index in [4.69, 9.17) is 9.47 Å². The molecule has 2 aromatic rings. The Morgan fingerprint density at radius 1 is 1.20 bits per heavy atom. The number of rotatable bonds is 5. The van der Waals surface area contributed by atoms with Gasteiger partial charge in [-0.2, -0.15) is 13.2 Å². The molecule has 1 aliphatic carbocycles. The van der Waals surface area contributed by atoms with Crippen molar-refractivity contribution in [3.63, 3.8) is 0 Å². The van der Waals surface area contributed by atoms with Gasteiger partial charge >= 0.3 is 12.1 Å². The van der Waals surface area contributed by atoms with Crippen molar-refractivity contribution in [1.82, 2.24) is 4.98 Å². The zero-order valence-electron chi connectivity index (χ0n) is 20.1. The second-order valence-corrected chi connectivity index (χ2v) is 10.2. The number of carbonyl (C=O) groups excluding carboxylic acids is 1. The van der Waals surface area contributed by atoms with E-state index in [2.05, 4.69) is 23.2 Å². The van der Waals surface area contributed by atoms with E-state index in [1.165, 1.54) is 19.4 Å². The van der Waals surface area contributed by atoms with Gasteiger partial charge in [0.05, 0.1) is 18.7 Å². The Balaban J connectivity index is 1.33. The number of pyridine rings is 1. The summed E-state index contributed by atoms with van der Waals surface area (Å²) < 4.78 is 52.0. The van der Waals surface area contributed by atoms with Crippen molar-refractivity contribution >= 4 is 11.7 Å². The first-order chi connectivity index (χ1) is 16.7. The van der Waals surface area contributed by atoms with Crippen molar-refractivity contribution in [3.8, 4) is 5.75 Å². The molecule has 3 aliphatic rings. The van der Waals surface area contributed by atoms with Crippen molar-refractivity contribution in [2.24, 2.45) is 11.8 Å². The van der Waals surface area contributed by atoms with Crippen LogP contribution in [0.2, 0.25) is 0 Å². The summed E-state index contributed by atoms with van der Waals surface area (Å²) in [6.07, 6.45) is 1.93. The van der Waals surface area contributed by atoms with Gasteiger partial charge in [-0.15, -0.1) is 0 Å². The van der Waals surface area contributed by atoms with Gasteiger partial charge in [0.1, 0.15) is 11.4 Å². The van der Waals surface area contributed by atoms with E-state index in [9.17, 15) is 18.0 Å². The largest absolute Gasteiger partial charge is 0.487 e. The number of carbonyl (C=O) groups is 1. The van der Waals surface area contributed by atoms with Gasteiger partial charge in [0.2, 0.25) is 0 Å². The number of hydrogen-bond acceptors (Lipinski definition) is 5. The predicted molar refractivity (Wildman–Crippen MR) is 125 cm³/mol. The van der Waals surface area contributed by atoms with Crippen LogP contribution in [0.3, 0.4) is 0 Å². The minimum Gasteiger partial charge on any atom is -0.487 e. The average Bonchev–Trinajstić information content (AvgIpc) is 3.68. The van der Waals surface area contributed by atoms with Gasteiger partial charge in [0.25, 0.3) is 0 Å². The molecule has 1 saturated carbocycles. The summed E-state index contributed by atoms with van der Waals surface area (Å²) in [5.74, 6) is 1.00. The van der Waals surface area contributed by atoms with Crippen molar-refractivity contribution in [1.29, 1.82) is 0 Å². The van der Waals surface area contributed by atoms with E-state index in [1.807, 2.05) is 6.92 Å². The molecule has 1 saturated heterocycles. The molecule has 0 N–H and O–H groups in total. The molecular weight excluding hydrogens is 457 g/mol. The van der Waals surface area contributed by atoms with E-state index in [0.717, 1.165) is 42.6 Å². The van der Waals surface area contributed by atoms with Gasteiger partial charge in [-0.25, -0.2) is 4.98 Å². The van der Waals surface area contributed by atoms with E-state index in [1.54, 1.807) is 11.0 Å². The SMILES string of the molecule is COC(=O)[C@@H](C)[C@H](c1ccc2c(c1)OC1(CC2)CCN(c2cccnc2C(F)(F)F)CC1)C1CC1. The quantitative estimate of drug-likeness (QED) is 0.501. The second-order valence-electron chi connectivity index (χ2n) is 10.2. The summed E-state index contributed by atoms with van der Waals surface area (Å²) in [7, 11) is 1.43. The minimum absolute atomic E-state index is 0.0995. The summed E-state index contributed by atoms with van der Waals surface area (Å²) in [4.78, 5) is 17.7. The Labute approximate surface area is 203 Å². The molecule has 0 radical (unpaired) electrons. The summed E-state index contributed by atoms with van der Waals surface area (Å²) in [5, 5.41) is 0. The van der Waals surface area contributed by atoms with E-state index in [0.29, 0.717) is 31.8 Å². The highest BCUT2D eigenvalue weighted by molar-refractivity contribution is 5.73. The number of anilines is 1. The molecule has 0 amide bonds. The summed E-state index contributed by atoms with van der Waals surface area (Å²) in [6, 6.07) is 9.37. The van der Waals surface area contributed by atoms with Gasteiger partial charge in [-0.05, 0) is 66.8 Å². The molecule has 188 valence electrons. The minimum atomic E-state index is -4.48. The number of piperidine rings is 1. The van der Waals surface area contributed by atoms with E-state index >= 15 is 0 Å². The normalized spacial score (nSPS) is 21.1. The van der Waals surface area contributed by atoms with Crippen LogP contribution in [0.25, 0.3) is 0 Å². The maximum Gasteiger partial charge on any atom is 0.435 e. The number of benzene rings is 1. The molecule has 0 bridgehead atoms. The summed E-state index contributed by atoms with van der Waals surface area (Å²) in [5.41, 5.74) is 1.17. The third-order valence-corrected chi connectivity index (χ3v) is 7.96. The van der Waals surface area contributed by atoms with Gasteiger partial charge in [-0.1, -0.05) is 19.1 Å². The standard InChI is InChI=1S/C27H31F3N2O3/c1-17(25(33)34-2)23(19-6-7-19)20-8-5-18-9-10-26(35-22(18)16-20)11-14-32(15-12-26)21-4-3-13-31-24(21)27(28,29)30/h3-5,8,13,16-17,19,23H,6-7,9-12,14-15H2,1-2H3/t17-,23-/m0/s1. The third-order valence-electron chi connectivity index (χ3n) is 7.96. The maximum atomic E-state index is 13.5. The van der Waals surface area contributed by atoms with Crippen LogP contribution in [-0.4, -0.2) is 36.8 Å². The molecule has 1 aromatic carbocycles. The second kappa shape index (κ2) is 9.03. The molecule has 5 nitrogen and oxygen atoms in total. The van der Waals surface area contributed by atoms with Crippen LogP contribution in [0.4, 0.5) is 18.9 Å². The van der Waals surface area contributed by atoms with Gasteiger partial charge in [0, 0.05) is 32.1 Å². The van der Waals surface area contributed by atoms with Crippen LogP contribution in [0.1, 0.15) is 61.8 Å². The lowest BCUT2D eigenvalue weighted by Crippen LogP contribution is -2.50. The number of ether oxygens (including phenoxy) is 2. The number of hydrogen-bond donors (Lipinski definition) is 0. The molecule has 2 fully saturated rings. The zero-order valence-corrected chi connectivity index (χ0v) is 20.1. The number of alkyl halides is 3. The van der Waals surface area contributed by atoms with Crippen molar-refractivity contribution in [2.45, 2.75) is 63.1 Å². The number of fused-ring (bicyclic) bond motifs is 1. The smallest absolute Gasteiger partial charge is 0.435 e. The number of halogens is 3. The lowest BCUT2D eigenvalue weighted by Gasteiger charge is -2.45. The Morgan fingerprint density at radius 3 is 2.60 bits per heavy atom. The van der Waals surface area contributed by atoms with Crippen LogP contribution in [-0.2, 0) is 22.1 Å². The number of methoxy groups -OCH3 is 1. The molecule has 2 aliphatic heterocycles. The van der Waals surface area contributed by atoms with Crippen molar-refractivity contribution in [2.75, 3.05) is 25.1 Å². The topological polar surface area (TPSA) is 51.7 Å². The van der Waals surface area contributed by atoms with Gasteiger partial charge in [-0.3, -0.25) is 4.79 Å². The molecule has 2 atom stereocenters. The first-order valence-corrected chi connectivity index (χ1v) is 12.4. The summed E-state index contributed by atoms with van der Waals surface area (Å²) in [6.45, 7) is 2.89. The van der Waals surface area contributed by atoms with Gasteiger partial charge < -0.3 is 14.4 Å². The van der Waals surface area contributed by atoms with Crippen LogP contribution in [0.5, 0.6) is 5.75 Å². The highest BCUT2D eigenvalue weighted by atomic mass is 19.4. The molecule has 3 heterocycles. The fourth-order valence-corrected chi connectivity index (χ4v) is 5.86. The van der Waals surface area contributed by atoms with Crippen LogP contribution in [0.15, 0.2) is 36.5 Å². The fourth-order valence-electron chi connectivity index (χ4n) is 5.86. The lowest BCUT2D eigenvalue weighted by molar-refractivity contribution is -0.146. The molecule has 35 heavy (non-hydrogen) atoms. The van der Waals surface area contributed by atoms with Crippen molar-refractivity contribution in [3.05, 3.63) is 53.3 Å². The number of nitrogens with zero attached hydrogens (tertiary/aromatic N) is 2. The maximum absolute atomic E-state index is 13.5. The first kappa shape index (κ1) is 23.9. The van der Waals surface area contributed by atoms with E-state index < -0.39 is 11.9 Å². The molecule has 5 rings (SSSR count). The summed E-state index contributed by atoms with van der Waals surface area (Å²) >= 11 is 0. The number of esters is 1. The monoisotopic (exact) mass is 488 g/mol. The Bertz CT molecular complexity index is 1090. The van der Waals surface area contributed by atoms with Crippen LogP contribution in [0, 0.1) is 11.8 Å². The first-order valence-electron chi connectivity index (χ1n) is 12.4. The molecular formula is C27H31F3N2O3. The van der Waals surface area contributed by atoms with E-state index in [-0.39, 0.29) is 29.1 Å². The Hall–Kier alpha value is -2.77. The average molecular weight is 489 g/mol. The highest BCUT2D eigenvalue weighted by Gasteiger charge is 2.43. The molecule has 0 unspecified atom stereocenters. The molecule has 8 heteroatoms. The van der Waals surface area contributed by atoms with Crippen LogP contribution < -0.4 is 9.64 Å². The molecule has 1 aromatic heterocycles. The Morgan fingerprint density at radius 2 is 1.94 bits per heavy atom. The fraction of sp³-hybridized carbons (Fsp3) is 0.556. The number of aryl methyl sites for hydroxylation is 1. The zero-order chi connectivity index (χ0) is 24.8. The predicted octanol–water partition coefficient (Wildman–Crippen LogP) is 5.77. The highest BCUT2D eigenvalue weighted by Crippen LogP contribution is 2.49. The third kappa shape index (κ3) is 4.71. The van der Waals surface area contributed by atoms with Crippen molar-refractivity contribution < 1.29 is 27.4 Å². The number of aromatic nitrogens is 1. The van der Waals surface area contributed by atoms with Gasteiger partial charge in [0.15, 0.2) is 5.69 Å². The Kier molecular flexibility index (Phi) is 6.18. The lowest BCUT2D eigenvalue weighted by atomic mass is 9.80.